The topological polar surface area (TPSA) is 29.1 Å². The van der Waals surface area contributed by atoms with Crippen molar-refractivity contribution in [3.8, 4) is 0 Å². The first kappa shape index (κ1) is 11.4. The second-order valence-corrected chi connectivity index (χ2v) is 6.20. The number of fused-ring (bicyclic) bond motifs is 2. The Kier molecular flexibility index (Phi) is 3.07. The van der Waals surface area contributed by atoms with E-state index in [1.165, 1.54) is 20.9 Å². The molecule has 1 aliphatic heterocycles. The zero-order chi connectivity index (χ0) is 12.4. The lowest BCUT2D eigenvalue weighted by Crippen LogP contribution is -2.26. The highest BCUT2D eigenvalue weighted by molar-refractivity contribution is 7.97. The first-order valence-corrected chi connectivity index (χ1v) is 7.33. The summed E-state index contributed by atoms with van der Waals surface area (Å²) in [4.78, 5) is 13.3. The van der Waals surface area contributed by atoms with Crippen molar-refractivity contribution in [2.45, 2.75) is 16.2 Å². The molecule has 0 atom stereocenters. The van der Waals surface area contributed by atoms with Crippen molar-refractivity contribution in [1.29, 1.82) is 0 Å². The van der Waals surface area contributed by atoms with E-state index in [-0.39, 0.29) is 10.9 Å². The quantitative estimate of drug-likeness (QED) is 0.663. The molecule has 3 rings (SSSR count). The second kappa shape index (κ2) is 4.86. The Labute approximate surface area is 109 Å². The van der Waals surface area contributed by atoms with Gasteiger partial charge in [0.25, 0.3) is 0 Å². The summed E-state index contributed by atoms with van der Waals surface area (Å²) in [6.07, 6.45) is 1.78. The van der Waals surface area contributed by atoms with E-state index in [9.17, 15) is 4.79 Å². The van der Waals surface area contributed by atoms with E-state index in [1.807, 2.05) is 0 Å². The number of carbonyl (C=O) groups excluding carboxylic acids is 1. The number of rotatable bonds is 3. The van der Waals surface area contributed by atoms with Crippen LogP contribution < -0.4 is 5.32 Å². The SMILES string of the molecule is O=CNC[S+]1c2ccccc2Cc2ccccc21. The molecule has 3 heteroatoms. The van der Waals surface area contributed by atoms with Gasteiger partial charge in [0.05, 0.1) is 10.9 Å². The summed E-state index contributed by atoms with van der Waals surface area (Å²) in [7, 11) is -0.0368. The number of hydrogen-bond donors (Lipinski definition) is 1. The van der Waals surface area contributed by atoms with Crippen LogP contribution >= 0.6 is 0 Å². The molecule has 0 saturated heterocycles. The fraction of sp³-hybridized carbons (Fsp3) is 0.133. The maximum Gasteiger partial charge on any atom is 0.210 e. The predicted molar refractivity (Wildman–Crippen MR) is 73.7 cm³/mol. The molecule has 0 saturated carbocycles. The summed E-state index contributed by atoms with van der Waals surface area (Å²) in [6.45, 7) is 0. The zero-order valence-corrected chi connectivity index (χ0v) is 10.7. The summed E-state index contributed by atoms with van der Waals surface area (Å²) >= 11 is 0. The van der Waals surface area contributed by atoms with Gasteiger partial charge in [-0.2, -0.15) is 0 Å². The molecule has 18 heavy (non-hydrogen) atoms. The third kappa shape index (κ3) is 1.91. The lowest BCUT2D eigenvalue weighted by Gasteiger charge is -2.19. The van der Waals surface area contributed by atoms with Gasteiger partial charge in [0.1, 0.15) is 0 Å². The Morgan fingerprint density at radius 2 is 1.56 bits per heavy atom. The third-order valence-electron chi connectivity index (χ3n) is 3.17. The molecule has 1 N–H and O–H groups in total. The smallest absolute Gasteiger partial charge is 0.210 e. The Morgan fingerprint density at radius 3 is 2.11 bits per heavy atom. The van der Waals surface area contributed by atoms with E-state index in [0.717, 1.165) is 12.8 Å². The van der Waals surface area contributed by atoms with Gasteiger partial charge in [-0.1, -0.05) is 36.4 Å². The minimum absolute atomic E-state index is 0.0368. The Balaban J connectivity index is 2.08. The first-order valence-electron chi connectivity index (χ1n) is 5.94. The number of benzene rings is 2. The minimum atomic E-state index is -0.0368. The van der Waals surface area contributed by atoms with Gasteiger partial charge in [-0.3, -0.25) is 4.79 Å². The molecule has 2 aromatic carbocycles. The fourth-order valence-electron chi connectivity index (χ4n) is 2.38. The van der Waals surface area contributed by atoms with Gasteiger partial charge in [-0.25, -0.2) is 0 Å². The second-order valence-electron chi connectivity index (χ2n) is 4.25. The average Bonchev–Trinajstić information content (AvgIpc) is 2.43. The molecule has 0 fully saturated rings. The van der Waals surface area contributed by atoms with E-state index in [4.69, 9.17) is 0 Å². The van der Waals surface area contributed by atoms with Crippen LogP contribution in [0.2, 0.25) is 0 Å². The van der Waals surface area contributed by atoms with Crippen LogP contribution in [0.15, 0.2) is 58.3 Å². The Bertz CT molecular complexity index is 537. The molecule has 0 bridgehead atoms. The van der Waals surface area contributed by atoms with Crippen molar-refractivity contribution in [3.63, 3.8) is 0 Å². The molecule has 90 valence electrons. The van der Waals surface area contributed by atoms with Crippen LogP contribution in [0.25, 0.3) is 0 Å². The lowest BCUT2D eigenvalue weighted by molar-refractivity contribution is -0.109. The summed E-state index contributed by atoms with van der Waals surface area (Å²) in [5.74, 6) is 0.692. The van der Waals surface area contributed by atoms with E-state index < -0.39 is 0 Å². The fourth-order valence-corrected chi connectivity index (χ4v) is 4.56. The Hall–Kier alpha value is -1.74. The predicted octanol–water partition coefficient (Wildman–Crippen LogP) is 2.33. The standard InChI is InChI=1S/C15H13NOS/c17-10-16-11-18-14-7-3-1-5-12(14)9-13-6-2-4-8-15(13)18/h1-8,10H,9,11H2/p+1. The van der Waals surface area contributed by atoms with E-state index >= 15 is 0 Å². The van der Waals surface area contributed by atoms with Crippen LogP contribution in [0.4, 0.5) is 0 Å². The first-order chi connectivity index (χ1) is 8.90. The van der Waals surface area contributed by atoms with E-state index in [2.05, 4.69) is 53.8 Å². The molecule has 1 amide bonds. The molecule has 0 aromatic heterocycles. The van der Waals surface area contributed by atoms with Gasteiger partial charge in [-0.05, 0) is 12.1 Å². The third-order valence-corrected chi connectivity index (χ3v) is 5.48. The molecule has 1 aliphatic rings. The maximum atomic E-state index is 10.6. The number of hydrogen-bond acceptors (Lipinski definition) is 1. The van der Waals surface area contributed by atoms with Crippen molar-refractivity contribution in [2.75, 3.05) is 5.88 Å². The summed E-state index contributed by atoms with van der Waals surface area (Å²) in [5, 5.41) is 2.83. The summed E-state index contributed by atoms with van der Waals surface area (Å²) < 4.78 is 0. The van der Waals surface area contributed by atoms with Crippen molar-refractivity contribution in [3.05, 3.63) is 59.7 Å². The minimum Gasteiger partial charge on any atom is -0.316 e. The van der Waals surface area contributed by atoms with Gasteiger partial charge in [0.15, 0.2) is 15.7 Å². The molecule has 0 unspecified atom stereocenters. The number of amides is 1. The highest BCUT2D eigenvalue weighted by Crippen LogP contribution is 2.35. The van der Waals surface area contributed by atoms with Gasteiger partial charge < -0.3 is 5.32 Å². The number of carbonyl (C=O) groups is 1. The maximum absolute atomic E-state index is 10.6. The molecule has 2 aromatic rings. The van der Waals surface area contributed by atoms with Crippen molar-refractivity contribution in [2.24, 2.45) is 0 Å². The monoisotopic (exact) mass is 256 g/mol. The van der Waals surface area contributed by atoms with Crippen LogP contribution in [0, 0.1) is 0 Å². The van der Waals surface area contributed by atoms with Gasteiger partial charge >= 0.3 is 0 Å². The normalized spacial score (nSPS) is 13.6. The molecule has 0 spiro atoms. The van der Waals surface area contributed by atoms with Crippen LogP contribution in [0.1, 0.15) is 11.1 Å². The van der Waals surface area contributed by atoms with Crippen molar-refractivity contribution in [1.82, 2.24) is 5.32 Å². The summed E-state index contributed by atoms with van der Waals surface area (Å²) in [5.41, 5.74) is 2.76. The highest BCUT2D eigenvalue weighted by atomic mass is 32.2. The largest absolute Gasteiger partial charge is 0.316 e. The Morgan fingerprint density at radius 1 is 1.00 bits per heavy atom. The molecule has 2 nitrogen and oxygen atoms in total. The van der Waals surface area contributed by atoms with Crippen molar-refractivity contribution >= 4 is 17.3 Å². The van der Waals surface area contributed by atoms with Gasteiger partial charge in [0.2, 0.25) is 6.41 Å². The highest BCUT2D eigenvalue weighted by Gasteiger charge is 2.34. The van der Waals surface area contributed by atoms with Crippen LogP contribution in [-0.2, 0) is 22.1 Å². The van der Waals surface area contributed by atoms with E-state index in [1.54, 1.807) is 0 Å². The lowest BCUT2D eigenvalue weighted by atomic mass is 10.0. The molecule has 0 aliphatic carbocycles. The van der Waals surface area contributed by atoms with Gasteiger partial charge in [-0.15, -0.1) is 0 Å². The van der Waals surface area contributed by atoms with Crippen LogP contribution in [-0.4, -0.2) is 12.3 Å². The zero-order valence-electron chi connectivity index (χ0n) is 9.93. The van der Waals surface area contributed by atoms with Crippen LogP contribution in [0.5, 0.6) is 0 Å². The number of nitrogens with one attached hydrogen (secondary N) is 1. The molecule has 1 heterocycles. The van der Waals surface area contributed by atoms with E-state index in [0.29, 0.717) is 5.88 Å². The molecule has 0 radical (unpaired) electrons. The van der Waals surface area contributed by atoms with Gasteiger partial charge in [0, 0.05) is 17.5 Å². The van der Waals surface area contributed by atoms with Crippen molar-refractivity contribution < 1.29 is 4.79 Å². The molecular weight excluding hydrogens is 242 g/mol. The summed E-state index contributed by atoms with van der Waals surface area (Å²) in [6, 6.07) is 17.1. The van der Waals surface area contributed by atoms with Crippen LogP contribution in [0.3, 0.4) is 0 Å². The average molecular weight is 256 g/mol. The molecular formula is C15H14NOS+.